The predicted molar refractivity (Wildman–Crippen MR) is 90.3 cm³/mol. The molecule has 2 nitrogen and oxygen atoms in total. The number of para-hydroxylation sites is 1. The monoisotopic (exact) mass is 395 g/mol. The second kappa shape index (κ2) is 7.04. The first kappa shape index (κ1) is 15.3. The molecule has 4 heteroatoms. The molecule has 0 radical (unpaired) electrons. The fraction of sp³-hybridized carbons (Fsp3) is 0.188. The number of carbonyl (C=O) groups excluding carboxylic acids is 1. The number of anilines is 1. The fourth-order valence-corrected chi connectivity index (χ4v) is 2.83. The van der Waals surface area contributed by atoms with Crippen molar-refractivity contribution in [2.75, 3.05) is 5.32 Å². The highest BCUT2D eigenvalue weighted by Crippen LogP contribution is 2.28. The summed E-state index contributed by atoms with van der Waals surface area (Å²) in [6.45, 7) is 2.04. The third-order valence-electron chi connectivity index (χ3n) is 2.92. The minimum Gasteiger partial charge on any atom is -0.326 e. The summed E-state index contributed by atoms with van der Waals surface area (Å²) in [5, 5.41) is 2.98. The van der Waals surface area contributed by atoms with E-state index in [0.29, 0.717) is 6.42 Å². The topological polar surface area (TPSA) is 29.1 Å². The maximum absolute atomic E-state index is 12.1. The average molecular weight is 397 g/mol. The van der Waals surface area contributed by atoms with Crippen LogP contribution in [-0.4, -0.2) is 5.91 Å². The van der Waals surface area contributed by atoms with Crippen molar-refractivity contribution in [3.8, 4) is 0 Å². The van der Waals surface area contributed by atoms with E-state index in [2.05, 4.69) is 37.2 Å². The first-order valence-electron chi connectivity index (χ1n) is 6.33. The minimum atomic E-state index is -0.0105. The fourth-order valence-electron chi connectivity index (χ4n) is 1.98. The number of alkyl halides is 1. The first-order valence-corrected chi connectivity index (χ1v) is 8.04. The lowest BCUT2D eigenvalue weighted by atomic mass is 10.1. The van der Waals surface area contributed by atoms with Gasteiger partial charge in [0.1, 0.15) is 0 Å². The number of halogens is 2. The zero-order chi connectivity index (χ0) is 14.5. The molecule has 104 valence electrons. The van der Waals surface area contributed by atoms with Gasteiger partial charge in [-0.3, -0.25) is 4.79 Å². The molecular weight excluding hydrogens is 382 g/mol. The van der Waals surface area contributed by atoms with Gasteiger partial charge >= 0.3 is 0 Å². The molecule has 0 saturated carbocycles. The van der Waals surface area contributed by atoms with Crippen LogP contribution in [0.3, 0.4) is 0 Å². The van der Waals surface area contributed by atoms with E-state index >= 15 is 0 Å². The van der Waals surface area contributed by atoms with Crippen LogP contribution in [-0.2, 0) is 11.2 Å². The minimum absolute atomic E-state index is 0.0105. The molecule has 0 aliphatic heterocycles. The van der Waals surface area contributed by atoms with E-state index in [-0.39, 0.29) is 10.7 Å². The van der Waals surface area contributed by atoms with Gasteiger partial charge in [0, 0.05) is 15.0 Å². The summed E-state index contributed by atoms with van der Waals surface area (Å²) in [5.41, 5.74) is 2.92. The Balaban J connectivity index is 2.09. The molecule has 1 N–H and O–H groups in total. The Labute approximate surface area is 135 Å². The van der Waals surface area contributed by atoms with Crippen molar-refractivity contribution in [1.29, 1.82) is 0 Å². The molecular formula is C16H15Br2NO. The Morgan fingerprint density at radius 2 is 1.95 bits per heavy atom. The Bertz CT molecular complexity index is 611. The summed E-state index contributed by atoms with van der Waals surface area (Å²) >= 11 is 6.95. The van der Waals surface area contributed by atoms with E-state index in [9.17, 15) is 4.79 Å². The SMILES string of the molecule is CC(Br)c1ccccc1NC(=O)Cc1cccc(Br)c1. The van der Waals surface area contributed by atoms with E-state index in [4.69, 9.17) is 0 Å². The van der Waals surface area contributed by atoms with Crippen molar-refractivity contribution in [1.82, 2.24) is 0 Å². The average Bonchev–Trinajstić information content (AvgIpc) is 2.38. The smallest absolute Gasteiger partial charge is 0.228 e. The van der Waals surface area contributed by atoms with Gasteiger partial charge in [-0.05, 0) is 36.2 Å². The summed E-state index contributed by atoms with van der Waals surface area (Å²) in [5.74, 6) is -0.0105. The number of rotatable bonds is 4. The second-order valence-electron chi connectivity index (χ2n) is 4.56. The lowest BCUT2D eigenvalue weighted by molar-refractivity contribution is -0.115. The molecule has 0 bridgehead atoms. The second-order valence-corrected chi connectivity index (χ2v) is 6.85. The van der Waals surface area contributed by atoms with Gasteiger partial charge in [0.25, 0.3) is 0 Å². The van der Waals surface area contributed by atoms with Gasteiger partial charge in [0.15, 0.2) is 0 Å². The molecule has 0 aliphatic carbocycles. The molecule has 2 aromatic carbocycles. The number of hydrogen-bond acceptors (Lipinski definition) is 1. The number of carbonyl (C=O) groups is 1. The van der Waals surface area contributed by atoms with Crippen molar-refractivity contribution in [2.45, 2.75) is 18.2 Å². The molecule has 20 heavy (non-hydrogen) atoms. The van der Waals surface area contributed by atoms with E-state index in [0.717, 1.165) is 21.3 Å². The Morgan fingerprint density at radius 3 is 2.65 bits per heavy atom. The highest BCUT2D eigenvalue weighted by molar-refractivity contribution is 9.10. The van der Waals surface area contributed by atoms with E-state index in [1.165, 1.54) is 0 Å². The van der Waals surface area contributed by atoms with Crippen molar-refractivity contribution >= 4 is 43.5 Å². The van der Waals surface area contributed by atoms with Crippen molar-refractivity contribution in [2.24, 2.45) is 0 Å². The molecule has 1 atom stereocenters. The first-order chi connectivity index (χ1) is 9.56. The Kier molecular flexibility index (Phi) is 5.38. The van der Waals surface area contributed by atoms with Crippen LogP contribution < -0.4 is 5.32 Å². The van der Waals surface area contributed by atoms with Crippen molar-refractivity contribution in [3.63, 3.8) is 0 Å². The van der Waals surface area contributed by atoms with Gasteiger partial charge in [-0.1, -0.05) is 62.2 Å². The van der Waals surface area contributed by atoms with E-state index < -0.39 is 0 Å². The Morgan fingerprint density at radius 1 is 1.20 bits per heavy atom. The highest BCUT2D eigenvalue weighted by atomic mass is 79.9. The molecule has 2 aromatic rings. The van der Waals surface area contributed by atoms with Crippen molar-refractivity contribution in [3.05, 3.63) is 64.1 Å². The van der Waals surface area contributed by atoms with Gasteiger partial charge in [-0.2, -0.15) is 0 Å². The van der Waals surface area contributed by atoms with Gasteiger partial charge in [0.2, 0.25) is 5.91 Å². The quantitative estimate of drug-likeness (QED) is 0.716. The van der Waals surface area contributed by atoms with Gasteiger partial charge in [0.05, 0.1) is 6.42 Å². The summed E-state index contributed by atoms with van der Waals surface area (Å²) in [4.78, 5) is 12.3. The van der Waals surface area contributed by atoms with Crippen LogP contribution in [0.1, 0.15) is 22.9 Å². The standard InChI is InChI=1S/C16H15Br2NO/c1-11(17)14-7-2-3-8-15(14)19-16(20)10-12-5-4-6-13(18)9-12/h2-9,11H,10H2,1H3,(H,19,20). The molecule has 0 spiro atoms. The number of hydrogen-bond donors (Lipinski definition) is 1. The maximum Gasteiger partial charge on any atom is 0.228 e. The van der Waals surface area contributed by atoms with E-state index in [1.807, 2.05) is 55.5 Å². The summed E-state index contributed by atoms with van der Waals surface area (Å²) in [6, 6.07) is 15.6. The molecule has 1 unspecified atom stereocenters. The van der Waals surface area contributed by atoms with Crippen LogP contribution in [0.15, 0.2) is 53.0 Å². The lowest BCUT2D eigenvalue weighted by Crippen LogP contribution is -2.15. The number of benzene rings is 2. The number of nitrogens with one attached hydrogen (secondary N) is 1. The van der Waals surface area contributed by atoms with Crippen LogP contribution in [0.25, 0.3) is 0 Å². The van der Waals surface area contributed by atoms with Crippen LogP contribution in [0.5, 0.6) is 0 Å². The predicted octanol–water partition coefficient (Wildman–Crippen LogP) is 5.09. The molecule has 0 aliphatic rings. The van der Waals surface area contributed by atoms with Gasteiger partial charge in [-0.15, -0.1) is 0 Å². The summed E-state index contributed by atoms with van der Waals surface area (Å²) in [6.07, 6.45) is 0.366. The third kappa shape index (κ3) is 4.18. The van der Waals surface area contributed by atoms with Crippen LogP contribution in [0, 0.1) is 0 Å². The normalized spacial score (nSPS) is 11.9. The third-order valence-corrected chi connectivity index (χ3v) is 3.90. The molecule has 1 amide bonds. The largest absolute Gasteiger partial charge is 0.326 e. The molecule has 0 aromatic heterocycles. The Hall–Kier alpha value is -1.13. The van der Waals surface area contributed by atoms with Crippen LogP contribution >= 0.6 is 31.9 Å². The van der Waals surface area contributed by atoms with Gasteiger partial charge in [-0.25, -0.2) is 0 Å². The molecule has 0 saturated heterocycles. The highest BCUT2D eigenvalue weighted by Gasteiger charge is 2.10. The number of amides is 1. The molecule has 0 heterocycles. The van der Waals surface area contributed by atoms with Crippen LogP contribution in [0.2, 0.25) is 0 Å². The lowest BCUT2D eigenvalue weighted by Gasteiger charge is -2.12. The summed E-state index contributed by atoms with van der Waals surface area (Å²) < 4.78 is 0.984. The maximum atomic E-state index is 12.1. The summed E-state index contributed by atoms with van der Waals surface area (Å²) in [7, 11) is 0. The van der Waals surface area contributed by atoms with Crippen LogP contribution in [0.4, 0.5) is 5.69 Å². The van der Waals surface area contributed by atoms with Gasteiger partial charge < -0.3 is 5.32 Å². The van der Waals surface area contributed by atoms with Crippen molar-refractivity contribution < 1.29 is 4.79 Å². The molecule has 2 rings (SSSR count). The zero-order valence-electron chi connectivity index (χ0n) is 11.1. The zero-order valence-corrected chi connectivity index (χ0v) is 14.2. The van der Waals surface area contributed by atoms with E-state index in [1.54, 1.807) is 0 Å². The molecule has 0 fully saturated rings.